The number of hydrogen-bond acceptors (Lipinski definition) is 5. The molecular formula is C19H17N3OS. The average molecular weight is 335 g/mol. The first kappa shape index (κ1) is 15.1. The van der Waals surface area contributed by atoms with Crippen LogP contribution in [0.2, 0.25) is 0 Å². The molecule has 0 fully saturated rings. The Morgan fingerprint density at radius 1 is 1.29 bits per heavy atom. The van der Waals surface area contributed by atoms with E-state index in [0.717, 1.165) is 40.3 Å². The minimum atomic E-state index is 0.411. The zero-order valence-electron chi connectivity index (χ0n) is 13.5. The fourth-order valence-corrected chi connectivity index (χ4v) is 4.54. The second-order valence-electron chi connectivity index (χ2n) is 6.29. The third kappa shape index (κ3) is 2.74. The molecule has 0 unspecified atom stereocenters. The maximum Gasteiger partial charge on any atom is 0.231 e. The van der Waals surface area contributed by atoms with Gasteiger partial charge in [0.05, 0.1) is 17.9 Å². The standard InChI is InChI=1S/C19H17N3OS/c1-12-2-7-15-16(10-12)24-19-17(15)18(21-11-22-19)23-14-5-3-13(4-6-14)8-9-20/h3-6,11-12H,2,7-8,10H2,1H3/t12-/m1/s1. The van der Waals surface area contributed by atoms with Crippen LogP contribution in [0.25, 0.3) is 10.2 Å². The number of aromatic nitrogens is 2. The number of hydrogen-bond donors (Lipinski definition) is 0. The van der Waals surface area contributed by atoms with Gasteiger partial charge in [0, 0.05) is 4.88 Å². The third-order valence-electron chi connectivity index (χ3n) is 4.48. The van der Waals surface area contributed by atoms with Gasteiger partial charge in [0.15, 0.2) is 0 Å². The third-order valence-corrected chi connectivity index (χ3v) is 5.64. The Kier molecular flexibility index (Phi) is 3.91. The monoisotopic (exact) mass is 335 g/mol. The van der Waals surface area contributed by atoms with E-state index in [2.05, 4.69) is 23.0 Å². The van der Waals surface area contributed by atoms with E-state index in [1.807, 2.05) is 24.3 Å². The fraction of sp³-hybridized carbons (Fsp3) is 0.316. The second-order valence-corrected chi connectivity index (χ2v) is 7.38. The first-order valence-corrected chi connectivity index (χ1v) is 8.95. The molecule has 2 heterocycles. The molecule has 2 aromatic heterocycles. The largest absolute Gasteiger partial charge is 0.438 e. The van der Waals surface area contributed by atoms with Gasteiger partial charge in [-0.1, -0.05) is 19.1 Å². The highest BCUT2D eigenvalue weighted by molar-refractivity contribution is 7.18. The Hall–Kier alpha value is -2.45. The summed E-state index contributed by atoms with van der Waals surface area (Å²) in [6.45, 7) is 2.30. The van der Waals surface area contributed by atoms with Crippen LogP contribution in [0.3, 0.4) is 0 Å². The quantitative estimate of drug-likeness (QED) is 0.697. The van der Waals surface area contributed by atoms with Crippen molar-refractivity contribution in [3.8, 4) is 17.7 Å². The van der Waals surface area contributed by atoms with E-state index in [4.69, 9.17) is 10.00 Å². The number of thiophene rings is 1. The van der Waals surface area contributed by atoms with Crippen LogP contribution >= 0.6 is 11.3 Å². The first-order chi connectivity index (χ1) is 11.7. The van der Waals surface area contributed by atoms with Gasteiger partial charge in [-0.25, -0.2) is 9.97 Å². The summed E-state index contributed by atoms with van der Waals surface area (Å²) >= 11 is 1.77. The number of nitriles is 1. The van der Waals surface area contributed by atoms with Crippen LogP contribution < -0.4 is 4.74 Å². The average Bonchev–Trinajstić information content (AvgIpc) is 2.95. The minimum Gasteiger partial charge on any atom is -0.438 e. The minimum absolute atomic E-state index is 0.411. The Morgan fingerprint density at radius 2 is 2.12 bits per heavy atom. The Labute approximate surface area is 144 Å². The Morgan fingerprint density at radius 3 is 2.92 bits per heavy atom. The molecular weight excluding hydrogens is 318 g/mol. The van der Waals surface area contributed by atoms with Gasteiger partial charge in [0.2, 0.25) is 5.88 Å². The Balaban J connectivity index is 1.70. The number of fused-ring (bicyclic) bond motifs is 3. The molecule has 1 aliphatic carbocycles. The molecule has 0 spiro atoms. The van der Waals surface area contributed by atoms with Gasteiger partial charge in [-0.05, 0) is 48.4 Å². The molecule has 0 saturated carbocycles. The summed E-state index contributed by atoms with van der Waals surface area (Å²) in [5.74, 6) is 2.11. The predicted octanol–water partition coefficient (Wildman–Crippen LogP) is 4.67. The number of ether oxygens (including phenoxy) is 1. The van der Waals surface area contributed by atoms with Gasteiger partial charge < -0.3 is 4.74 Å². The molecule has 1 aromatic carbocycles. The molecule has 120 valence electrons. The Bertz CT molecular complexity index is 924. The van der Waals surface area contributed by atoms with Crippen LogP contribution in [0.5, 0.6) is 11.6 Å². The van der Waals surface area contributed by atoms with E-state index in [-0.39, 0.29) is 0 Å². The van der Waals surface area contributed by atoms with Gasteiger partial charge in [-0.2, -0.15) is 5.26 Å². The van der Waals surface area contributed by atoms with E-state index >= 15 is 0 Å². The van der Waals surface area contributed by atoms with Crippen LogP contribution in [-0.4, -0.2) is 9.97 Å². The molecule has 0 amide bonds. The van der Waals surface area contributed by atoms with Crippen molar-refractivity contribution in [1.29, 1.82) is 5.26 Å². The molecule has 4 rings (SSSR count). The number of benzene rings is 1. The lowest BCUT2D eigenvalue weighted by Crippen LogP contribution is -2.08. The van der Waals surface area contributed by atoms with Gasteiger partial charge >= 0.3 is 0 Å². The SMILES string of the molecule is C[C@@H]1CCc2c(sc3ncnc(Oc4ccc(CC#N)cc4)c23)C1. The highest BCUT2D eigenvalue weighted by Gasteiger charge is 2.23. The van der Waals surface area contributed by atoms with Crippen molar-refractivity contribution in [3.63, 3.8) is 0 Å². The highest BCUT2D eigenvalue weighted by atomic mass is 32.1. The van der Waals surface area contributed by atoms with Crippen LogP contribution in [0.15, 0.2) is 30.6 Å². The topological polar surface area (TPSA) is 58.8 Å². The molecule has 3 aromatic rings. The molecule has 1 aliphatic rings. The summed E-state index contributed by atoms with van der Waals surface area (Å²) < 4.78 is 6.05. The lowest BCUT2D eigenvalue weighted by molar-refractivity contribution is 0.466. The van der Waals surface area contributed by atoms with E-state index in [1.165, 1.54) is 16.9 Å². The number of aryl methyl sites for hydroxylation is 1. The lowest BCUT2D eigenvalue weighted by atomic mass is 9.89. The molecule has 1 atom stereocenters. The summed E-state index contributed by atoms with van der Waals surface area (Å²) in [6.07, 6.45) is 5.39. The normalized spacial score (nSPS) is 16.6. The first-order valence-electron chi connectivity index (χ1n) is 8.13. The van der Waals surface area contributed by atoms with E-state index < -0.39 is 0 Å². The summed E-state index contributed by atoms with van der Waals surface area (Å²) in [5.41, 5.74) is 2.35. The molecule has 4 nitrogen and oxygen atoms in total. The fourth-order valence-electron chi connectivity index (χ4n) is 3.20. The molecule has 0 aliphatic heterocycles. The lowest BCUT2D eigenvalue weighted by Gasteiger charge is -2.18. The highest BCUT2D eigenvalue weighted by Crippen LogP contribution is 2.41. The summed E-state index contributed by atoms with van der Waals surface area (Å²) in [4.78, 5) is 11.3. The van der Waals surface area contributed by atoms with Crippen molar-refractivity contribution >= 4 is 21.6 Å². The van der Waals surface area contributed by atoms with E-state index in [1.54, 1.807) is 17.7 Å². The zero-order valence-corrected chi connectivity index (χ0v) is 14.3. The molecule has 0 N–H and O–H groups in total. The summed E-state index contributed by atoms with van der Waals surface area (Å²) in [7, 11) is 0. The molecule has 5 heteroatoms. The predicted molar refractivity (Wildman–Crippen MR) is 94.4 cm³/mol. The maximum atomic E-state index is 8.75. The number of nitrogens with zero attached hydrogens (tertiary/aromatic N) is 3. The molecule has 0 radical (unpaired) electrons. The van der Waals surface area contributed by atoms with Crippen LogP contribution in [0.1, 0.15) is 29.3 Å². The van der Waals surface area contributed by atoms with Gasteiger partial charge in [0.25, 0.3) is 0 Å². The van der Waals surface area contributed by atoms with E-state index in [9.17, 15) is 0 Å². The van der Waals surface area contributed by atoms with Crippen LogP contribution in [-0.2, 0) is 19.3 Å². The smallest absolute Gasteiger partial charge is 0.231 e. The summed E-state index contributed by atoms with van der Waals surface area (Å²) in [6, 6.07) is 9.77. The van der Waals surface area contributed by atoms with Crippen molar-refractivity contribution in [2.45, 2.75) is 32.6 Å². The molecule has 0 bridgehead atoms. The van der Waals surface area contributed by atoms with Gasteiger partial charge in [0.1, 0.15) is 16.9 Å². The number of rotatable bonds is 3. The second kappa shape index (κ2) is 6.21. The van der Waals surface area contributed by atoms with E-state index in [0.29, 0.717) is 12.3 Å². The molecule has 24 heavy (non-hydrogen) atoms. The van der Waals surface area contributed by atoms with Gasteiger partial charge in [-0.3, -0.25) is 0 Å². The van der Waals surface area contributed by atoms with Crippen LogP contribution in [0, 0.1) is 17.2 Å². The van der Waals surface area contributed by atoms with Crippen molar-refractivity contribution in [2.75, 3.05) is 0 Å². The zero-order chi connectivity index (χ0) is 16.5. The summed E-state index contributed by atoms with van der Waals surface area (Å²) in [5, 5.41) is 9.83. The van der Waals surface area contributed by atoms with Crippen molar-refractivity contribution < 1.29 is 4.74 Å². The van der Waals surface area contributed by atoms with Crippen molar-refractivity contribution in [2.24, 2.45) is 5.92 Å². The van der Waals surface area contributed by atoms with Gasteiger partial charge in [-0.15, -0.1) is 11.3 Å². The maximum absolute atomic E-state index is 8.75. The molecule has 0 saturated heterocycles. The van der Waals surface area contributed by atoms with Crippen LogP contribution in [0.4, 0.5) is 0 Å². The van der Waals surface area contributed by atoms with Crippen molar-refractivity contribution in [1.82, 2.24) is 9.97 Å². The van der Waals surface area contributed by atoms with Crippen molar-refractivity contribution in [3.05, 3.63) is 46.6 Å².